The Hall–Kier alpha value is -2.87. The third-order valence-corrected chi connectivity index (χ3v) is 5.73. The molecule has 0 radical (unpaired) electrons. The average molecular weight is 426 g/mol. The number of thioether (sulfide) groups is 1. The number of hydrogen-bond acceptors (Lipinski definition) is 6. The zero-order valence-electron chi connectivity index (χ0n) is 17.7. The summed E-state index contributed by atoms with van der Waals surface area (Å²) in [5.41, 5.74) is 2.01. The summed E-state index contributed by atoms with van der Waals surface area (Å²) < 4.78 is 7.24. The van der Waals surface area contributed by atoms with E-state index in [2.05, 4.69) is 34.3 Å². The topological polar surface area (TPSA) is 81.9 Å². The fraction of sp³-hybridized carbons (Fsp3) is 0.364. The number of pyridine rings is 1. The zero-order chi connectivity index (χ0) is 21.5. The van der Waals surface area contributed by atoms with Crippen LogP contribution in [0.1, 0.15) is 32.4 Å². The molecular formula is C22H27N5O2S. The second-order valence-electron chi connectivity index (χ2n) is 7.14. The van der Waals surface area contributed by atoms with E-state index in [0.717, 1.165) is 34.4 Å². The van der Waals surface area contributed by atoms with Gasteiger partial charge in [0.25, 0.3) is 0 Å². The summed E-state index contributed by atoms with van der Waals surface area (Å²) in [5.74, 6) is 2.07. The Bertz CT molecular complexity index is 957. The number of ether oxygens (including phenoxy) is 1. The van der Waals surface area contributed by atoms with Crippen LogP contribution in [0.5, 0.6) is 5.75 Å². The van der Waals surface area contributed by atoms with Crippen molar-refractivity contribution in [2.75, 3.05) is 12.9 Å². The number of aromatic nitrogens is 4. The fourth-order valence-corrected chi connectivity index (χ4v) is 4.00. The molecule has 1 atom stereocenters. The summed E-state index contributed by atoms with van der Waals surface area (Å²) in [7, 11) is 1.64. The van der Waals surface area contributed by atoms with Crippen molar-refractivity contribution >= 4 is 17.7 Å². The first-order valence-electron chi connectivity index (χ1n) is 9.93. The molecule has 8 heteroatoms. The van der Waals surface area contributed by atoms with Crippen molar-refractivity contribution in [3.05, 3.63) is 54.4 Å². The number of hydrogen-bond donors (Lipinski definition) is 1. The van der Waals surface area contributed by atoms with Gasteiger partial charge < -0.3 is 14.6 Å². The minimum absolute atomic E-state index is 0.0365. The van der Waals surface area contributed by atoms with E-state index in [4.69, 9.17) is 4.74 Å². The number of amides is 1. The molecule has 30 heavy (non-hydrogen) atoms. The highest BCUT2D eigenvalue weighted by Crippen LogP contribution is 2.26. The molecule has 0 aliphatic carbocycles. The first-order chi connectivity index (χ1) is 14.5. The lowest BCUT2D eigenvalue weighted by Crippen LogP contribution is -2.33. The zero-order valence-corrected chi connectivity index (χ0v) is 18.5. The van der Waals surface area contributed by atoms with Gasteiger partial charge in [-0.2, -0.15) is 0 Å². The van der Waals surface area contributed by atoms with E-state index >= 15 is 0 Å². The van der Waals surface area contributed by atoms with Crippen LogP contribution in [0.3, 0.4) is 0 Å². The SMILES string of the molecule is CCn1c(SCC(=O)NC(c2ccc(OC)cc2)C(C)C)nnc1-c1ccncc1. The Morgan fingerprint density at radius 3 is 2.43 bits per heavy atom. The molecular weight excluding hydrogens is 398 g/mol. The van der Waals surface area contributed by atoms with Gasteiger partial charge in [0.15, 0.2) is 11.0 Å². The minimum atomic E-state index is -0.0690. The number of benzene rings is 1. The van der Waals surface area contributed by atoms with Gasteiger partial charge in [0.1, 0.15) is 5.75 Å². The molecule has 2 heterocycles. The van der Waals surface area contributed by atoms with Gasteiger partial charge in [-0.3, -0.25) is 9.78 Å². The maximum absolute atomic E-state index is 12.7. The molecule has 0 fully saturated rings. The molecule has 7 nitrogen and oxygen atoms in total. The van der Waals surface area contributed by atoms with E-state index in [9.17, 15) is 4.79 Å². The van der Waals surface area contributed by atoms with E-state index in [1.807, 2.05) is 47.9 Å². The van der Waals surface area contributed by atoms with Crippen molar-refractivity contribution in [3.8, 4) is 17.1 Å². The van der Waals surface area contributed by atoms with Gasteiger partial charge in [-0.1, -0.05) is 37.7 Å². The second-order valence-corrected chi connectivity index (χ2v) is 8.08. The highest BCUT2D eigenvalue weighted by molar-refractivity contribution is 7.99. The number of carbonyl (C=O) groups is 1. The highest BCUT2D eigenvalue weighted by Gasteiger charge is 2.20. The summed E-state index contributed by atoms with van der Waals surface area (Å²) in [6.07, 6.45) is 3.46. The standard InChI is InChI=1S/C22H27N5O2S/c1-5-27-21(17-10-12-23-13-11-17)25-26-22(27)30-14-19(28)24-20(15(2)3)16-6-8-18(29-4)9-7-16/h6-13,15,20H,5,14H2,1-4H3,(H,24,28). The normalized spacial score (nSPS) is 12.0. The summed E-state index contributed by atoms with van der Waals surface area (Å²) >= 11 is 1.39. The van der Waals surface area contributed by atoms with Crippen molar-refractivity contribution in [2.24, 2.45) is 5.92 Å². The van der Waals surface area contributed by atoms with Gasteiger partial charge in [-0.25, -0.2) is 0 Å². The molecule has 1 N–H and O–H groups in total. The van der Waals surface area contributed by atoms with Crippen LogP contribution in [0.25, 0.3) is 11.4 Å². The Balaban J connectivity index is 1.66. The maximum Gasteiger partial charge on any atom is 0.230 e. The smallest absolute Gasteiger partial charge is 0.230 e. The molecule has 0 aliphatic heterocycles. The quantitative estimate of drug-likeness (QED) is 0.522. The van der Waals surface area contributed by atoms with Crippen LogP contribution < -0.4 is 10.1 Å². The van der Waals surface area contributed by atoms with Crippen LogP contribution in [-0.2, 0) is 11.3 Å². The minimum Gasteiger partial charge on any atom is -0.497 e. The van der Waals surface area contributed by atoms with E-state index in [-0.39, 0.29) is 23.6 Å². The molecule has 1 aromatic carbocycles. The lowest BCUT2D eigenvalue weighted by atomic mass is 9.96. The van der Waals surface area contributed by atoms with Gasteiger partial charge in [0.05, 0.1) is 18.9 Å². The van der Waals surface area contributed by atoms with Crippen LogP contribution in [-0.4, -0.2) is 38.5 Å². The fourth-order valence-electron chi connectivity index (χ4n) is 3.19. The molecule has 3 rings (SSSR count). The molecule has 1 amide bonds. The van der Waals surface area contributed by atoms with Gasteiger partial charge in [0, 0.05) is 24.5 Å². The van der Waals surface area contributed by atoms with E-state index < -0.39 is 0 Å². The Morgan fingerprint density at radius 1 is 1.13 bits per heavy atom. The number of rotatable bonds is 9. The van der Waals surface area contributed by atoms with Crippen molar-refractivity contribution in [2.45, 2.75) is 38.5 Å². The molecule has 0 spiro atoms. The van der Waals surface area contributed by atoms with Crippen LogP contribution in [0.15, 0.2) is 53.9 Å². The van der Waals surface area contributed by atoms with Gasteiger partial charge >= 0.3 is 0 Å². The largest absolute Gasteiger partial charge is 0.497 e. The summed E-state index contributed by atoms with van der Waals surface area (Å²) in [6.45, 7) is 6.94. The number of nitrogens with zero attached hydrogens (tertiary/aromatic N) is 4. The van der Waals surface area contributed by atoms with Crippen LogP contribution in [0.2, 0.25) is 0 Å². The van der Waals surface area contributed by atoms with Gasteiger partial charge in [-0.05, 0) is 42.7 Å². The summed E-state index contributed by atoms with van der Waals surface area (Å²) in [5, 5.41) is 12.5. The Morgan fingerprint density at radius 2 is 1.83 bits per heavy atom. The molecule has 0 saturated carbocycles. The second kappa shape index (κ2) is 10.2. The summed E-state index contributed by atoms with van der Waals surface area (Å²) in [6, 6.07) is 11.5. The Labute approximate surface area is 181 Å². The van der Waals surface area contributed by atoms with Crippen LogP contribution in [0, 0.1) is 5.92 Å². The van der Waals surface area contributed by atoms with Crippen LogP contribution >= 0.6 is 11.8 Å². The van der Waals surface area contributed by atoms with E-state index in [0.29, 0.717) is 0 Å². The van der Waals surface area contributed by atoms with Crippen molar-refractivity contribution in [3.63, 3.8) is 0 Å². The number of carbonyl (C=O) groups excluding carboxylic acids is 1. The lowest BCUT2D eigenvalue weighted by Gasteiger charge is -2.23. The third-order valence-electron chi connectivity index (χ3n) is 4.76. The molecule has 158 valence electrons. The average Bonchev–Trinajstić information content (AvgIpc) is 3.19. The first kappa shape index (κ1) is 21.8. The van der Waals surface area contributed by atoms with Gasteiger partial charge in [-0.15, -0.1) is 10.2 Å². The third kappa shape index (κ3) is 5.18. The first-order valence-corrected chi connectivity index (χ1v) is 10.9. The van der Waals surface area contributed by atoms with Crippen LogP contribution in [0.4, 0.5) is 0 Å². The molecule has 3 aromatic rings. The lowest BCUT2D eigenvalue weighted by molar-refractivity contribution is -0.119. The van der Waals surface area contributed by atoms with E-state index in [1.165, 1.54) is 11.8 Å². The van der Waals surface area contributed by atoms with E-state index in [1.54, 1.807) is 19.5 Å². The number of nitrogens with one attached hydrogen (secondary N) is 1. The predicted molar refractivity (Wildman–Crippen MR) is 118 cm³/mol. The van der Waals surface area contributed by atoms with Crippen molar-refractivity contribution in [1.29, 1.82) is 0 Å². The van der Waals surface area contributed by atoms with Gasteiger partial charge in [0.2, 0.25) is 5.91 Å². The predicted octanol–water partition coefficient (Wildman–Crippen LogP) is 3.97. The molecule has 1 unspecified atom stereocenters. The van der Waals surface area contributed by atoms with Crippen molar-refractivity contribution in [1.82, 2.24) is 25.1 Å². The molecule has 0 bridgehead atoms. The highest BCUT2D eigenvalue weighted by atomic mass is 32.2. The number of methoxy groups -OCH3 is 1. The molecule has 0 saturated heterocycles. The maximum atomic E-state index is 12.7. The monoisotopic (exact) mass is 425 g/mol. The molecule has 2 aromatic heterocycles. The Kier molecular flexibility index (Phi) is 7.46. The molecule has 0 aliphatic rings. The summed E-state index contributed by atoms with van der Waals surface area (Å²) in [4.78, 5) is 16.7. The van der Waals surface area contributed by atoms with Crippen molar-refractivity contribution < 1.29 is 9.53 Å².